The van der Waals surface area contributed by atoms with Gasteiger partial charge in [-0.25, -0.2) is 9.97 Å². The third-order valence-corrected chi connectivity index (χ3v) is 2.94. The molecule has 82 valence electrons. The smallest absolute Gasteiger partial charge is 0.132 e. The maximum Gasteiger partial charge on any atom is 0.132 e. The Morgan fingerprint density at radius 3 is 2.73 bits per heavy atom. The van der Waals surface area contributed by atoms with E-state index in [0.717, 1.165) is 18.1 Å². The second-order valence-electron chi connectivity index (χ2n) is 4.84. The van der Waals surface area contributed by atoms with Crippen LogP contribution in [0.25, 0.3) is 0 Å². The van der Waals surface area contributed by atoms with Crippen molar-refractivity contribution in [3.63, 3.8) is 0 Å². The number of nitrogen functional groups attached to an aromatic ring is 1. The van der Waals surface area contributed by atoms with E-state index in [0.29, 0.717) is 17.3 Å². The van der Waals surface area contributed by atoms with Crippen LogP contribution < -0.4 is 11.1 Å². The number of nitrogens with two attached hydrogens (primary N) is 1. The molecule has 1 aliphatic rings. The lowest BCUT2D eigenvalue weighted by Gasteiger charge is -2.08. The maximum absolute atomic E-state index is 5.71. The fourth-order valence-corrected chi connectivity index (χ4v) is 1.64. The Hall–Kier alpha value is -1.32. The first-order chi connectivity index (χ1) is 7.01. The minimum atomic E-state index is 0.395. The summed E-state index contributed by atoms with van der Waals surface area (Å²) in [4.78, 5) is 8.54. The predicted octanol–water partition coefficient (Wildman–Crippen LogP) is 1.83. The SMILES string of the molecule is CCc1nc(N)cc(NC2CC2(C)C)n1. The van der Waals surface area contributed by atoms with E-state index in [9.17, 15) is 0 Å². The van der Waals surface area contributed by atoms with E-state index in [2.05, 4.69) is 29.1 Å². The van der Waals surface area contributed by atoms with Crippen molar-refractivity contribution in [2.75, 3.05) is 11.1 Å². The van der Waals surface area contributed by atoms with Gasteiger partial charge in [0.15, 0.2) is 0 Å². The zero-order valence-electron chi connectivity index (χ0n) is 9.54. The molecule has 15 heavy (non-hydrogen) atoms. The predicted molar refractivity (Wildman–Crippen MR) is 61.6 cm³/mol. The average Bonchev–Trinajstić information content (AvgIpc) is 2.72. The highest BCUT2D eigenvalue weighted by atomic mass is 15.1. The molecule has 0 radical (unpaired) electrons. The molecule has 0 amide bonds. The number of aromatic nitrogens is 2. The van der Waals surface area contributed by atoms with Crippen molar-refractivity contribution >= 4 is 11.6 Å². The van der Waals surface area contributed by atoms with Crippen molar-refractivity contribution in [3.05, 3.63) is 11.9 Å². The van der Waals surface area contributed by atoms with Crippen LogP contribution in [0.2, 0.25) is 0 Å². The third kappa shape index (κ3) is 2.19. The summed E-state index contributed by atoms with van der Waals surface area (Å²) in [6, 6.07) is 2.32. The van der Waals surface area contributed by atoms with Gasteiger partial charge < -0.3 is 11.1 Å². The molecule has 1 aromatic heterocycles. The topological polar surface area (TPSA) is 63.8 Å². The first kappa shape index (κ1) is 10.2. The number of nitrogens with one attached hydrogen (secondary N) is 1. The first-order valence-corrected chi connectivity index (χ1v) is 5.41. The summed E-state index contributed by atoms with van der Waals surface area (Å²) in [6.07, 6.45) is 2.01. The number of hydrogen-bond donors (Lipinski definition) is 2. The Morgan fingerprint density at radius 2 is 2.20 bits per heavy atom. The largest absolute Gasteiger partial charge is 0.384 e. The molecule has 4 nitrogen and oxygen atoms in total. The molecule has 1 aliphatic carbocycles. The van der Waals surface area contributed by atoms with Gasteiger partial charge in [0.2, 0.25) is 0 Å². The highest BCUT2D eigenvalue weighted by Gasteiger charge is 2.45. The van der Waals surface area contributed by atoms with Crippen molar-refractivity contribution in [2.24, 2.45) is 5.41 Å². The number of rotatable bonds is 3. The quantitative estimate of drug-likeness (QED) is 0.792. The van der Waals surface area contributed by atoms with Crippen molar-refractivity contribution in [3.8, 4) is 0 Å². The summed E-state index contributed by atoms with van der Waals surface area (Å²) in [5, 5.41) is 3.39. The Morgan fingerprint density at radius 1 is 1.53 bits per heavy atom. The zero-order valence-corrected chi connectivity index (χ0v) is 9.54. The molecule has 3 N–H and O–H groups in total. The Bertz CT molecular complexity index is 373. The second kappa shape index (κ2) is 3.36. The number of nitrogens with zero attached hydrogens (tertiary/aromatic N) is 2. The van der Waals surface area contributed by atoms with Gasteiger partial charge in [-0.1, -0.05) is 20.8 Å². The molecular formula is C11H18N4. The van der Waals surface area contributed by atoms with Crippen LogP contribution in [0, 0.1) is 5.41 Å². The summed E-state index contributed by atoms with van der Waals surface area (Å²) in [5.41, 5.74) is 6.10. The van der Waals surface area contributed by atoms with Gasteiger partial charge in [-0.2, -0.15) is 0 Å². The van der Waals surface area contributed by atoms with Crippen molar-refractivity contribution in [2.45, 2.75) is 39.7 Å². The van der Waals surface area contributed by atoms with Crippen LogP contribution >= 0.6 is 0 Å². The van der Waals surface area contributed by atoms with E-state index in [1.807, 2.05) is 6.92 Å². The van der Waals surface area contributed by atoms with Gasteiger partial charge in [0, 0.05) is 18.5 Å². The Balaban J connectivity index is 2.11. The summed E-state index contributed by atoms with van der Waals surface area (Å²) >= 11 is 0. The first-order valence-electron chi connectivity index (χ1n) is 5.41. The normalized spacial score (nSPS) is 22.5. The molecule has 0 bridgehead atoms. The van der Waals surface area contributed by atoms with Gasteiger partial charge in [-0.15, -0.1) is 0 Å². The highest BCUT2D eigenvalue weighted by molar-refractivity contribution is 5.46. The van der Waals surface area contributed by atoms with Crippen LogP contribution in [0.5, 0.6) is 0 Å². The molecule has 1 atom stereocenters. The molecule has 0 saturated heterocycles. The molecule has 1 unspecified atom stereocenters. The summed E-state index contributed by atoms with van der Waals surface area (Å²) in [5.74, 6) is 2.20. The zero-order chi connectivity index (χ0) is 11.1. The van der Waals surface area contributed by atoms with E-state index in [1.54, 1.807) is 6.07 Å². The van der Waals surface area contributed by atoms with Crippen molar-refractivity contribution in [1.29, 1.82) is 0 Å². The fraction of sp³-hybridized carbons (Fsp3) is 0.636. The molecule has 1 heterocycles. The van der Waals surface area contributed by atoms with Gasteiger partial charge in [0.25, 0.3) is 0 Å². The lowest BCUT2D eigenvalue weighted by Crippen LogP contribution is -2.11. The van der Waals surface area contributed by atoms with Crippen LogP contribution in [0.3, 0.4) is 0 Å². The van der Waals surface area contributed by atoms with E-state index in [1.165, 1.54) is 6.42 Å². The lowest BCUT2D eigenvalue weighted by molar-refractivity contribution is 0.629. The molecule has 0 aromatic carbocycles. The second-order valence-corrected chi connectivity index (χ2v) is 4.84. The standard InChI is InChI=1S/C11H18N4/c1-4-9-14-8(12)5-10(15-9)13-7-6-11(7,2)3/h5,7H,4,6H2,1-3H3,(H3,12,13,14,15). The summed E-state index contributed by atoms with van der Waals surface area (Å²) in [6.45, 7) is 6.52. The van der Waals surface area contributed by atoms with Crippen molar-refractivity contribution < 1.29 is 0 Å². The monoisotopic (exact) mass is 206 g/mol. The molecule has 2 rings (SSSR count). The van der Waals surface area contributed by atoms with E-state index in [4.69, 9.17) is 5.73 Å². The summed E-state index contributed by atoms with van der Waals surface area (Å²) in [7, 11) is 0. The van der Waals surface area contributed by atoms with Crippen LogP contribution in [0.4, 0.5) is 11.6 Å². The van der Waals surface area contributed by atoms with Crippen LogP contribution in [-0.2, 0) is 6.42 Å². The van der Waals surface area contributed by atoms with Crippen LogP contribution in [0.15, 0.2) is 6.07 Å². The molecule has 1 saturated carbocycles. The van der Waals surface area contributed by atoms with Gasteiger partial charge in [0.1, 0.15) is 17.5 Å². The maximum atomic E-state index is 5.71. The average molecular weight is 206 g/mol. The number of hydrogen-bond acceptors (Lipinski definition) is 4. The lowest BCUT2D eigenvalue weighted by atomic mass is 10.2. The van der Waals surface area contributed by atoms with Gasteiger partial charge in [0.05, 0.1) is 0 Å². The minimum absolute atomic E-state index is 0.395. The molecule has 1 aromatic rings. The van der Waals surface area contributed by atoms with E-state index < -0.39 is 0 Å². The minimum Gasteiger partial charge on any atom is -0.384 e. The van der Waals surface area contributed by atoms with Gasteiger partial charge in [-0.3, -0.25) is 0 Å². The molecule has 1 fully saturated rings. The van der Waals surface area contributed by atoms with E-state index in [-0.39, 0.29) is 0 Å². The summed E-state index contributed by atoms with van der Waals surface area (Å²) < 4.78 is 0. The van der Waals surface area contributed by atoms with Crippen molar-refractivity contribution in [1.82, 2.24) is 9.97 Å². The molecule has 4 heteroatoms. The Labute approximate surface area is 90.3 Å². The molecule has 0 aliphatic heterocycles. The van der Waals surface area contributed by atoms with Crippen LogP contribution in [-0.4, -0.2) is 16.0 Å². The Kier molecular flexibility index (Phi) is 2.29. The van der Waals surface area contributed by atoms with Crippen LogP contribution in [0.1, 0.15) is 33.0 Å². The van der Waals surface area contributed by atoms with Gasteiger partial charge in [-0.05, 0) is 11.8 Å². The highest BCUT2D eigenvalue weighted by Crippen LogP contribution is 2.46. The fourth-order valence-electron chi connectivity index (χ4n) is 1.64. The van der Waals surface area contributed by atoms with Gasteiger partial charge >= 0.3 is 0 Å². The molecular weight excluding hydrogens is 188 g/mol. The van der Waals surface area contributed by atoms with E-state index >= 15 is 0 Å². The number of aryl methyl sites for hydroxylation is 1. The third-order valence-electron chi connectivity index (χ3n) is 2.94. The number of anilines is 2. The molecule has 0 spiro atoms.